The van der Waals surface area contributed by atoms with Crippen molar-refractivity contribution in [1.82, 2.24) is 0 Å². The number of hydrogen-bond donors (Lipinski definition) is 4. The second-order valence-corrected chi connectivity index (χ2v) is 10.6. The Labute approximate surface area is 216 Å². The number of ether oxygens (including phenoxy) is 3. The van der Waals surface area contributed by atoms with Gasteiger partial charge >= 0.3 is 0 Å². The van der Waals surface area contributed by atoms with Gasteiger partial charge in [-0.25, -0.2) is 0 Å². The van der Waals surface area contributed by atoms with Gasteiger partial charge in [0.05, 0.1) is 38.1 Å². The molecule has 4 N–H and O–H groups in total. The second kappa shape index (κ2) is 24.1. The summed E-state index contributed by atoms with van der Waals surface area (Å²) in [6.07, 6.45) is 8.17. The van der Waals surface area contributed by atoms with Crippen molar-refractivity contribution in [2.45, 2.75) is 130 Å². The van der Waals surface area contributed by atoms with E-state index in [4.69, 9.17) is 24.4 Å². The Kier molecular flexibility index (Phi) is 25.4. The zero-order chi connectivity index (χ0) is 27.1. The van der Waals surface area contributed by atoms with E-state index < -0.39 is 23.9 Å². The molecule has 0 saturated carbocycles. The molecule has 5 atom stereocenters. The Balaban J connectivity index is 0. The van der Waals surface area contributed by atoms with E-state index in [2.05, 4.69) is 27.7 Å². The third-order valence-corrected chi connectivity index (χ3v) is 5.83. The van der Waals surface area contributed by atoms with Gasteiger partial charge in [0.15, 0.2) is 0 Å². The van der Waals surface area contributed by atoms with Crippen LogP contribution in [0.5, 0.6) is 0 Å². The molecule has 5 unspecified atom stereocenters. The Hall–Kier alpha value is -0.280. The van der Waals surface area contributed by atoms with E-state index in [1.807, 2.05) is 0 Å². The van der Waals surface area contributed by atoms with Crippen LogP contribution in [0.3, 0.4) is 0 Å². The first-order valence-corrected chi connectivity index (χ1v) is 14.0. The van der Waals surface area contributed by atoms with Crippen LogP contribution in [0.2, 0.25) is 0 Å². The minimum Gasteiger partial charge on any atom is -0.393 e. The fraction of sp³-hybridized carbons (Fsp3) is 1.00. The fourth-order valence-corrected chi connectivity index (χ4v) is 3.70. The molecule has 0 aromatic heterocycles. The Morgan fingerprint density at radius 3 is 1.20 bits per heavy atom. The van der Waals surface area contributed by atoms with Gasteiger partial charge in [-0.05, 0) is 45.4 Å². The average molecular weight is 509 g/mol. The van der Waals surface area contributed by atoms with Crippen LogP contribution >= 0.6 is 0 Å². The maximum Gasteiger partial charge on any atom is 0.101 e. The fourth-order valence-electron chi connectivity index (χ4n) is 3.70. The third kappa shape index (κ3) is 28.1. The molecule has 0 spiro atoms. The minimum absolute atomic E-state index is 0.177. The van der Waals surface area contributed by atoms with E-state index in [1.54, 1.807) is 20.8 Å². The normalized spacial score (nSPS) is 16.2. The summed E-state index contributed by atoms with van der Waals surface area (Å²) in [6.45, 7) is 16.1. The summed E-state index contributed by atoms with van der Waals surface area (Å²) in [5, 5.41) is 37.6. The third-order valence-electron chi connectivity index (χ3n) is 5.83. The Bertz CT molecular complexity index is 398. The SMILES string of the molecule is CC(O)CC(C)(C)O.CCCCC(CC)COCC(O)COCC(O)COCC(CC)CCCC. The molecule has 7 nitrogen and oxygen atoms in total. The molecule has 0 aliphatic carbocycles. The van der Waals surface area contributed by atoms with Crippen LogP contribution in [0.4, 0.5) is 0 Å². The molecular weight excluding hydrogens is 448 g/mol. The van der Waals surface area contributed by atoms with Crippen LogP contribution in [0.25, 0.3) is 0 Å². The lowest BCUT2D eigenvalue weighted by atomic mass is 10.0. The number of rotatable bonds is 22. The number of unbranched alkanes of at least 4 members (excludes halogenated alkanes) is 2. The highest BCUT2D eigenvalue weighted by molar-refractivity contribution is 4.67. The first kappa shape index (κ1) is 36.9. The molecule has 0 heterocycles. The van der Waals surface area contributed by atoms with E-state index in [0.717, 1.165) is 12.8 Å². The van der Waals surface area contributed by atoms with E-state index in [-0.39, 0.29) is 26.4 Å². The quantitative estimate of drug-likeness (QED) is 0.168. The molecular formula is C28H60O7. The van der Waals surface area contributed by atoms with Crippen molar-refractivity contribution >= 4 is 0 Å². The lowest BCUT2D eigenvalue weighted by Crippen LogP contribution is -2.28. The lowest BCUT2D eigenvalue weighted by Gasteiger charge is -2.18. The standard InChI is InChI=1S/C22H46O5.C6H14O2/c1-5-9-11-19(7-3)13-25-15-21(23)17-27-18-22(24)16-26-14-20(8-4)12-10-6-2;1-5(7)4-6(2,3)8/h19-24H,5-18H2,1-4H3;5,7-8H,4H2,1-3H3. The van der Waals surface area contributed by atoms with Crippen LogP contribution in [-0.4, -0.2) is 84.0 Å². The van der Waals surface area contributed by atoms with Crippen LogP contribution < -0.4 is 0 Å². The minimum atomic E-state index is -0.728. The van der Waals surface area contributed by atoms with Gasteiger partial charge in [0.25, 0.3) is 0 Å². The van der Waals surface area contributed by atoms with Gasteiger partial charge < -0.3 is 34.6 Å². The smallest absolute Gasteiger partial charge is 0.101 e. The topological polar surface area (TPSA) is 109 Å². The number of hydrogen-bond acceptors (Lipinski definition) is 7. The largest absolute Gasteiger partial charge is 0.393 e. The van der Waals surface area contributed by atoms with Crippen LogP contribution in [-0.2, 0) is 14.2 Å². The molecule has 0 aliphatic rings. The van der Waals surface area contributed by atoms with E-state index in [9.17, 15) is 10.2 Å². The molecule has 35 heavy (non-hydrogen) atoms. The Morgan fingerprint density at radius 2 is 0.971 bits per heavy atom. The van der Waals surface area contributed by atoms with Crippen LogP contribution in [0.15, 0.2) is 0 Å². The van der Waals surface area contributed by atoms with Crippen LogP contribution in [0, 0.1) is 11.8 Å². The van der Waals surface area contributed by atoms with Crippen molar-refractivity contribution in [3.05, 3.63) is 0 Å². The van der Waals surface area contributed by atoms with Gasteiger partial charge in [0.2, 0.25) is 0 Å². The second-order valence-electron chi connectivity index (χ2n) is 10.6. The van der Waals surface area contributed by atoms with Crippen molar-refractivity contribution in [2.75, 3.05) is 39.6 Å². The lowest BCUT2D eigenvalue weighted by molar-refractivity contribution is -0.0620. The monoisotopic (exact) mass is 508 g/mol. The molecule has 7 heteroatoms. The van der Waals surface area contributed by atoms with E-state index in [1.165, 1.54) is 38.5 Å². The summed E-state index contributed by atoms with van der Waals surface area (Å²) in [5.41, 5.74) is -0.728. The zero-order valence-electron chi connectivity index (χ0n) is 24.0. The highest BCUT2D eigenvalue weighted by Gasteiger charge is 2.15. The van der Waals surface area contributed by atoms with Gasteiger partial charge in [-0.15, -0.1) is 0 Å². The molecule has 0 aromatic carbocycles. The molecule has 0 fully saturated rings. The van der Waals surface area contributed by atoms with E-state index >= 15 is 0 Å². The van der Waals surface area contributed by atoms with Gasteiger partial charge in [0, 0.05) is 19.6 Å². The van der Waals surface area contributed by atoms with Gasteiger partial charge in [-0.2, -0.15) is 0 Å². The first-order chi connectivity index (χ1) is 16.5. The number of aliphatic hydroxyl groups is 4. The Morgan fingerprint density at radius 1 is 0.629 bits per heavy atom. The van der Waals surface area contributed by atoms with Crippen molar-refractivity contribution in [1.29, 1.82) is 0 Å². The average Bonchev–Trinajstić information content (AvgIpc) is 2.77. The molecule has 0 radical (unpaired) electrons. The molecule has 0 amide bonds. The first-order valence-electron chi connectivity index (χ1n) is 14.0. The molecule has 0 aliphatic heterocycles. The highest BCUT2D eigenvalue weighted by atomic mass is 16.5. The predicted octanol–water partition coefficient (Wildman–Crippen LogP) is 4.72. The zero-order valence-corrected chi connectivity index (χ0v) is 24.0. The van der Waals surface area contributed by atoms with Crippen molar-refractivity contribution in [3.8, 4) is 0 Å². The maximum atomic E-state index is 9.92. The molecule has 0 aromatic rings. The van der Waals surface area contributed by atoms with Gasteiger partial charge in [0.1, 0.15) is 12.2 Å². The van der Waals surface area contributed by atoms with Gasteiger partial charge in [-0.3, -0.25) is 0 Å². The maximum absolute atomic E-state index is 9.92. The molecule has 214 valence electrons. The molecule has 0 rings (SSSR count). The summed E-state index contributed by atoms with van der Waals surface area (Å²) in [4.78, 5) is 0. The summed E-state index contributed by atoms with van der Waals surface area (Å²) >= 11 is 0. The van der Waals surface area contributed by atoms with Crippen molar-refractivity contribution in [3.63, 3.8) is 0 Å². The summed E-state index contributed by atoms with van der Waals surface area (Å²) in [7, 11) is 0. The van der Waals surface area contributed by atoms with Crippen LogP contribution in [0.1, 0.15) is 106 Å². The molecule has 0 bridgehead atoms. The summed E-state index contributed by atoms with van der Waals surface area (Å²) in [5.74, 6) is 1.14. The predicted molar refractivity (Wildman–Crippen MR) is 144 cm³/mol. The highest BCUT2D eigenvalue weighted by Crippen LogP contribution is 2.14. The van der Waals surface area contributed by atoms with Crippen molar-refractivity contribution < 1.29 is 34.6 Å². The van der Waals surface area contributed by atoms with Gasteiger partial charge in [-0.1, -0.05) is 66.2 Å². The van der Waals surface area contributed by atoms with Crippen molar-refractivity contribution in [2.24, 2.45) is 11.8 Å². The van der Waals surface area contributed by atoms with E-state index in [0.29, 0.717) is 31.5 Å². The molecule has 0 saturated heterocycles. The summed E-state index contributed by atoms with van der Waals surface area (Å²) in [6, 6.07) is 0. The number of aliphatic hydroxyl groups excluding tert-OH is 3. The summed E-state index contributed by atoms with van der Waals surface area (Å²) < 4.78 is 16.6.